The van der Waals surface area contributed by atoms with Crippen LogP contribution in [0.15, 0.2) is 52.1 Å². The van der Waals surface area contributed by atoms with E-state index in [2.05, 4.69) is 15.3 Å². The van der Waals surface area contributed by atoms with Crippen LogP contribution in [-0.2, 0) is 11.4 Å². The van der Waals surface area contributed by atoms with Gasteiger partial charge in [0.15, 0.2) is 18.1 Å². The molecule has 3 aromatic rings. The predicted octanol–water partition coefficient (Wildman–Crippen LogP) is 4.74. The Bertz CT molecular complexity index is 925. The van der Waals surface area contributed by atoms with E-state index in [9.17, 15) is 0 Å². The molecule has 0 N–H and O–H groups in total. The number of benzene rings is 2. The lowest BCUT2D eigenvalue weighted by Crippen LogP contribution is -1.98. The molecule has 0 spiro atoms. The normalized spacial score (nSPS) is 11.0. The molecule has 28 heavy (non-hydrogen) atoms. The highest BCUT2D eigenvalue weighted by molar-refractivity contribution is 6.30. The second-order valence-corrected chi connectivity index (χ2v) is 6.22. The van der Waals surface area contributed by atoms with Gasteiger partial charge in [0.25, 0.3) is 5.89 Å². The summed E-state index contributed by atoms with van der Waals surface area (Å²) in [5, 5.41) is 8.49. The van der Waals surface area contributed by atoms with Gasteiger partial charge in [0, 0.05) is 16.1 Å². The van der Waals surface area contributed by atoms with Crippen molar-refractivity contribution in [3.8, 4) is 22.9 Å². The van der Waals surface area contributed by atoms with Gasteiger partial charge in [0.05, 0.1) is 19.9 Å². The minimum atomic E-state index is 0.0614. The molecule has 0 aliphatic heterocycles. The van der Waals surface area contributed by atoms with Crippen LogP contribution < -0.4 is 9.47 Å². The van der Waals surface area contributed by atoms with Crippen LogP contribution >= 0.6 is 11.6 Å². The van der Waals surface area contributed by atoms with Gasteiger partial charge in [-0.2, -0.15) is 4.98 Å². The second kappa shape index (κ2) is 9.75. The molecule has 146 valence electrons. The summed E-state index contributed by atoms with van der Waals surface area (Å²) in [5.74, 6) is 2.12. The minimum absolute atomic E-state index is 0.0614. The van der Waals surface area contributed by atoms with Crippen molar-refractivity contribution < 1.29 is 18.8 Å². The Morgan fingerprint density at radius 3 is 2.71 bits per heavy atom. The van der Waals surface area contributed by atoms with Crippen molar-refractivity contribution in [2.75, 3.05) is 13.7 Å². The van der Waals surface area contributed by atoms with Gasteiger partial charge in [-0.25, -0.2) is 0 Å². The highest BCUT2D eigenvalue weighted by Crippen LogP contribution is 2.27. The maximum Gasteiger partial charge on any atom is 0.267 e. The maximum atomic E-state index is 5.87. The zero-order valence-electron chi connectivity index (χ0n) is 15.6. The van der Waals surface area contributed by atoms with E-state index >= 15 is 0 Å². The molecule has 7 nitrogen and oxygen atoms in total. The summed E-state index contributed by atoms with van der Waals surface area (Å²) in [7, 11) is 1.60. The first-order chi connectivity index (χ1) is 13.7. The fraction of sp³-hybridized carbons (Fsp3) is 0.250. The van der Waals surface area contributed by atoms with E-state index in [1.54, 1.807) is 25.5 Å². The van der Waals surface area contributed by atoms with Crippen molar-refractivity contribution in [2.45, 2.75) is 20.0 Å². The summed E-state index contributed by atoms with van der Waals surface area (Å²) in [5.41, 5.74) is 1.62. The van der Waals surface area contributed by atoms with Gasteiger partial charge >= 0.3 is 0 Å². The lowest BCUT2D eigenvalue weighted by Gasteiger charge is -2.10. The number of ether oxygens (including phenoxy) is 2. The smallest absolute Gasteiger partial charge is 0.267 e. The monoisotopic (exact) mass is 401 g/mol. The van der Waals surface area contributed by atoms with Crippen LogP contribution in [0.1, 0.15) is 24.8 Å². The number of aromatic nitrogens is 2. The summed E-state index contributed by atoms with van der Waals surface area (Å²) in [6.07, 6.45) is 2.50. The average Bonchev–Trinajstić information content (AvgIpc) is 3.19. The molecule has 0 aliphatic carbocycles. The molecule has 1 heterocycles. The van der Waals surface area contributed by atoms with Crippen molar-refractivity contribution >= 4 is 17.8 Å². The first kappa shape index (κ1) is 19.7. The van der Waals surface area contributed by atoms with Gasteiger partial charge in [-0.05, 0) is 48.9 Å². The topological polar surface area (TPSA) is 79.0 Å². The Hall–Kier alpha value is -3.06. The molecule has 0 fully saturated rings. The Morgan fingerprint density at radius 1 is 1.14 bits per heavy atom. The lowest BCUT2D eigenvalue weighted by atomic mass is 10.2. The third kappa shape index (κ3) is 5.23. The standard InChI is InChI=1S/C20H20ClN3O4/c1-3-10-26-17-9-4-14(11-18(17)25-2)12-22-27-13-19-23-20(24-28-19)15-5-7-16(21)8-6-15/h4-9,11-12H,3,10,13H2,1-2H3/b22-12-. The molecule has 8 heteroatoms. The van der Waals surface area contributed by atoms with Gasteiger partial charge in [0.2, 0.25) is 5.82 Å². The largest absolute Gasteiger partial charge is 0.493 e. The molecule has 0 atom stereocenters. The van der Waals surface area contributed by atoms with Crippen LogP contribution in [0.4, 0.5) is 0 Å². The van der Waals surface area contributed by atoms with Crippen LogP contribution in [0.3, 0.4) is 0 Å². The van der Waals surface area contributed by atoms with E-state index in [0.717, 1.165) is 17.5 Å². The highest BCUT2D eigenvalue weighted by Gasteiger charge is 2.09. The molecular weight excluding hydrogens is 382 g/mol. The molecule has 2 aromatic carbocycles. The lowest BCUT2D eigenvalue weighted by molar-refractivity contribution is 0.107. The Morgan fingerprint density at radius 2 is 1.96 bits per heavy atom. The number of hydrogen-bond donors (Lipinski definition) is 0. The Labute approximate surface area is 167 Å². The van der Waals surface area contributed by atoms with E-state index < -0.39 is 0 Å². The molecule has 1 aromatic heterocycles. The van der Waals surface area contributed by atoms with Crippen molar-refractivity contribution in [2.24, 2.45) is 5.16 Å². The summed E-state index contributed by atoms with van der Waals surface area (Å²) in [4.78, 5) is 9.51. The molecule has 0 aliphatic rings. The third-order valence-corrected chi connectivity index (χ3v) is 3.94. The Kier molecular flexibility index (Phi) is 6.86. The number of oxime groups is 1. The van der Waals surface area contributed by atoms with E-state index in [1.165, 1.54) is 0 Å². The first-order valence-electron chi connectivity index (χ1n) is 8.74. The van der Waals surface area contributed by atoms with Gasteiger partial charge in [-0.3, -0.25) is 0 Å². The fourth-order valence-electron chi connectivity index (χ4n) is 2.32. The minimum Gasteiger partial charge on any atom is -0.493 e. The number of nitrogens with zero attached hydrogens (tertiary/aromatic N) is 3. The highest BCUT2D eigenvalue weighted by atomic mass is 35.5. The third-order valence-electron chi connectivity index (χ3n) is 3.68. The number of halogens is 1. The number of methoxy groups -OCH3 is 1. The number of hydrogen-bond acceptors (Lipinski definition) is 7. The van der Waals surface area contributed by atoms with E-state index in [4.69, 9.17) is 30.4 Å². The van der Waals surface area contributed by atoms with Crippen LogP contribution in [0.25, 0.3) is 11.4 Å². The van der Waals surface area contributed by atoms with Crippen molar-refractivity contribution in [1.82, 2.24) is 10.1 Å². The molecule has 0 saturated carbocycles. The van der Waals surface area contributed by atoms with Crippen LogP contribution in [0.5, 0.6) is 11.5 Å². The van der Waals surface area contributed by atoms with E-state index in [0.29, 0.717) is 34.8 Å². The molecule has 0 bridgehead atoms. The Balaban J connectivity index is 1.56. The fourth-order valence-corrected chi connectivity index (χ4v) is 2.44. The number of rotatable bonds is 9. The molecule has 0 unspecified atom stereocenters. The van der Waals surface area contributed by atoms with Crippen molar-refractivity contribution in [1.29, 1.82) is 0 Å². The second-order valence-electron chi connectivity index (χ2n) is 5.79. The summed E-state index contributed by atoms with van der Waals surface area (Å²) >= 11 is 5.87. The first-order valence-corrected chi connectivity index (χ1v) is 9.12. The van der Waals surface area contributed by atoms with E-state index in [-0.39, 0.29) is 6.61 Å². The summed E-state index contributed by atoms with van der Waals surface area (Å²) < 4.78 is 16.1. The zero-order valence-corrected chi connectivity index (χ0v) is 16.3. The summed E-state index contributed by atoms with van der Waals surface area (Å²) in [6.45, 7) is 2.74. The predicted molar refractivity (Wildman–Crippen MR) is 106 cm³/mol. The molecule has 0 saturated heterocycles. The van der Waals surface area contributed by atoms with Crippen LogP contribution in [-0.4, -0.2) is 30.1 Å². The SMILES string of the molecule is CCCOc1ccc(/C=N\OCc2nc(-c3ccc(Cl)cc3)no2)cc1OC. The maximum absolute atomic E-state index is 5.87. The summed E-state index contributed by atoms with van der Waals surface area (Å²) in [6, 6.07) is 12.7. The zero-order chi connectivity index (χ0) is 19.8. The van der Waals surface area contributed by atoms with E-state index in [1.807, 2.05) is 37.3 Å². The van der Waals surface area contributed by atoms with Crippen molar-refractivity contribution in [3.63, 3.8) is 0 Å². The molecule has 0 amide bonds. The van der Waals surface area contributed by atoms with Gasteiger partial charge < -0.3 is 18.8 Å². The molecule has 0 radical (unpaired) electrons. The average molecular weight is 402 g/mol. The van der Waals surface area contributed by atoms with Crippen molar-refractivity contribution in [3.05, 3.63) is 58.9 Å². The molecular formula is C20H20ClN3O4. The quantitative estimate of drug-likeness (QED) is 0.380. The van der Waals surface area contributed by atoms with Gasteiger partial charge in [0.1, 0.15) is 0 Å². The van der Waals surface area contributed by atoms with Crippen LogP contribution in [0.2, 0.25) is 5.02 Å². The van der Waals surface area contributed by atoms with Gasteiger partial charge in [-0.1, -0.05) is 28.8 Å². The van der Waals surface area contributed by atoms with Crippen LogP contribution in [0, 0.1) is 0 Å². The molecule has 3 rings (SSSR count). The van der Waals surface area contributed by atoms with Gasteiger partial charge in [-0.15, -0.1) is 0 Å².